The number of carbonyl (C=O) groups excluding carboxylic acids is 1. The van der Waals surface area contributed by atoms with Crippen molar-refractivity contribution in [2.45, 2.75) is 45.4 Å². The van der Waals surface area contributed by atoms with Crippen LogP contribution < -0.4 is 15.0 Å². The summed E-state index contributed by atoms with van der Waals surface area (Å²) in [5, 5.41) is 3.33. The smallest absolute Gasteiger partial charge is 0.268 e. The van der Waals surface area contributed by atoms with Crippen LogP contribution in [0.25, 0.3) is 0 Å². The zero-order valence-corrected chi connectivity index (χ0v) is 21.1. The first kappa shape index (κ1) is 23.5. The minimum atomic E-state index is -1.23. The Bertz CT molecular complexity index is 1320. The molecule has 0 bridgehead atoms. The number of rotatable bonds is 3. The van der Waals surface area contributed by atoms with Gasteiger partial charge in [0.2, 0.25) is 11.8 Å². The highest BCUT2D eigenvalue weighted by atomic mass is 35.5. The van der Waals surface area contributed by atoms with Gasteiger partial charge < -0.3 is 10.1 Å². The van der Waals surface area contributed by atoms with E-state index in [1.165, 1.54) is 40.4 Å². The van der Waals surface area contributed by atoms with Crippen molar-refractivity contribution in [1.29, 1.82) is 0 Å². The maximum atomic E-state index is 14.6. The van der Waals surface area contributed by atoms with Crippen molar-refractivity contribution in [2.24, 2.45) is 0 Å². The number of hydrogen-bond acceptors (Lipinski definition) is 6. The third-order valence-corrected chi connectivity index (χ3v) is 7.23. The van der Waals surface area contributed by atoms with Gasteiger partial charge in [-0.25, -0.2) is 9.37 Å². The molecule has 3 heterocycles. The third-order valence-electron chi connectivity index (χ3n) is 6.92. The number of hydrogen-bond donors (Lipinski definition) is 1. The van der Waals surface area contributed by atoms with Crippen LogP contribution in [0.3, 0.4) is 0 Å². The van der Waals surface area contributed by atoms with E-state index in [1.807, 2.05) is 6.07 Å². The van der Waals surface area contributed by atoms with Gasteiger partial charge in [-0.3, -0.25) is 14.6 Å². The van der Waals surface area contributed by atoms with Gasteiger partial charge >= 0.3 is 0 Å². The van der Waals surface area contributed by atoms with Gasteiger partial charge in [0.05, 0.1) is 5.02 Å². The Kier molecular flexibility index (Phi) is 5.49. The Labute approximate surface area is 208 Å². The number of carbonyl (C=O) groups is 1. The Balaban J connectivity index is 1.45. The number of likely N-dealkylation sites (N-methyl/N-ethyl adjacent to an activating group) is 1. The molecule has 7 nitrogen and oxygen atoms in total. The standard InChI is InChI=1S/C26H27ClFN5O2/c1-25(2)18-10-9-16(13-15(18)11-12-32(25)5)30-24-29-14-17-22(31-24)35-26(3,4)33(23(17)34)21-19(27)7-6-8-20(21)28/h6-10,13-14H,11-12H2,1-5H3,(H,29,30,31). The summed E-state index contributed by atoms with van der Waals surface area (Å²) in [6.07, 6.45) is 2.34. The lowest BCUT2D eigenvalue weighted by Gasteiger charge is -2.42. The largest absolute Gasteiger partial charge is 0.450 e. The maximum absolute atomic E-state index is 14.6. The van der Waals surface area contributed by atoms with Gasteiger partial charge in [-0.1, -0.05) is 23.7 Å². The fourth-order valence-electron chi connectivity index (χ4n) is 4.75. The number of fused-ring (bicyclic) bond motifs is 2. The number of amides is 1. The molecule has 5 rings (SSSR count). The van der Waals surface area contributed by atoms with Crippen LogP contribution in [0.1, 0.15) is 49.2 Å². The van der Waals surface area contributed by atoms with Crippen LogP contribution in [0.2, 0.25) is 5.02 Å². The number of para-hydroxylation sites is 1. The molecule has 1 aromatic heterocycles. The van der Waals surface area contributed by atoms with Crippen molar-refractivity contribution in [3.8, 4) is 5.88 Å². The van der Waals surface area contributed by atoms with Gasteiger partial charge in [0.15, 0.2) is 5.72 Å². The summed E-state index contributed by atoms with van der Waals surface area (Å²) >= 11 is 6.24. The number of aromatic nitrogens is 2. The van der Waals surface area contributed by atoms with Crippen LogP contribution in [-0.2, 0) is 12.0 Å². The molecule has 0 saturated heterocycles. The monoisotopic (exact) mass is 495 g/mol. The van der Waals surface area contributed by atoms with Gasteiger partial charge in [0.25, 0.3) is 5.91 Å². The second-order valence-electron chi connectivity index (χ2n) is 9.90. The van der Waals surface area contributed by atoms with Crippen LogP contribution in [0.15, 0.2) is 42.6 Å². The molecule has 0 fully saturated rings. The van der Waals surface area contributed by atoms with Gasteiger partial charge in [-0.15, -0.1) is 0 Å². The van der Waals surface area contributed by atoms with E-state index in [2.05, 4.69) is 53.2 Å². The van der Waals surface area contributed by atoms with Crippen LogP contribution in [0.4, 0.5) is 21.7 Å². The molecule has 1 N–H and O–H groups in total. The van der Waals surface area contributed by atoms with E-state index in [9.17, 15) is 9.18 Å². The van der Waals surface area contributed by atoms with Gasteiger partial charge in [0.1, 0.15) is 17.1 Å². The van der Waals surface area contributed by atoms with E-state index < -0.39 is 17.4 Å². The van der Waals surface area contributed by atoms with Crippen LogP contribution in [0.5, 0.6) is 5.88 Å². The first-order valence-corrected chi connectivity index (χ1v) is 11.8. The van der Waals surface area contributed by atoms with Crippen LogP contribution >= 0.6 is 11.6 Å². The Morgan fingerprint density at radius 3 is 2.69 bits per heavy atom. The summed E-state index contributed by atoms with van der Waals surface area (Å²) in [5.74, 6) is -0.680. The van der Waals surface area contributed by atoms with E-state index in [4.69, 9.17) is 16.3 Å². The summed E-state index contributed by atoms with van der Waals surface area (Å²) in [6.45, 7) is 8.74. The van der Waals surface area contributed by atoms with E-state index >= 15 is 0 Å². The molecule has 9 heteroatoms. The molecule has 0 unspecified atom stereocenters. The average molecular weight is 496 g/mol. The molecular weight excluding hydrogens is 469 g/mol. The van der Waals surface area contributed by atoms with Crippen LogP contribution in [0, 0.1) is 5.82 Å². The van der Waals surface area contributed by atoms with Crippen molar-refractivity contribution >= 4 is 34.8 Å². The lowest BCUT2D eigenvalue weighted by Crippen LogP contribution is -2.56. The van der Waals surface area contributed by atoms with Gasteiger partial charge in [-0.05, 0) is 76.6 Å². The van der Waals surface area contributed by atoms with Crippen molar-refractivity contribution in [3.63, 3.8) is 0 Å². The first-order chi connectivity index (χ1) is 16.5. The minimum absolute atomic E-state index is 0.0405. The highest BCUT2D eigenvalue weighted by Gasteiger charge is 2.44. The zero-order chi connectivity index (χ0) is 25.1. The van der Waals surface area contributed by atoms with Crippen molar-refractivity contribution in [1.82, 2.24) is 14.9 Å². The second kappa shape index (κ2) is 8.17. The average Bonchev–Trinajstić information content (AvgIpc) is 2.78. The lowest BCUT2D eigenvalue weighted by molar-refractivity contribution is 0.0601. The molecule has 35 heavy (non-hydrogen) atoms. The van der Waals surface area contributed by atoms with Crippen LogP contribution in [-0.4, -0.2) is 40.1 Å². The van der Waals surface area contributed by atoms with Crippen molar-refractivity contribution < 1.29 is 13.9 Å². The molecule has 1 amide bonds. The highest BCUT2D eigenvalue weighted by Crippen LogP contribution is 2.40. The summed E-state index contributed by atoms with van der Waals surface area (Å²) in [5.41, 5.74) is 2.24. The molecule has 2 aliphatic heterocycles. The molecule has 0 aliphatic carbocycles. The number of ether oxygens (including phenoxy) is 1. The van der Waals surface area contributed by atoms with Gasteiger partial charge in [-0.2, -0.15) is 4.98 Å². The molecular formula is C26H27ClFN5O2. The SMILES string of the molecule is CN1CCc2cc(Nc3ncc4c(n3)OC(C)(C)N(c3c(F)cccc3Cl)C4=O)ccc2C1(C)C. The summed E-state index contributed by atoms with van der Waals surface area (Å²) in [7, 11) is 2.14. The molecule has 182 valence electrons. The predicted molar refractivity (Wildman–Crippen MR) is 134 cm³/mol. The normalized spacial score (nSPS) is 18.5. The molecule has 0 saturated carbocycles. The summed E-state index contributed by atoms with van der Waals surface area (Å²) in [6, 6.07) is 10.5. The van der Waals surface area contributed by atoms with E-state index in [1.54, 1.807) is 13.8 Å². The minimum Gasteiger partial charge on any atom is -0.450 e. The van der Waals surface area contributed by atoms with Gasteiger partial charge in [0, 0.05) is 24.0 Å². The number of nitrogens with one attached hydrogen (secondary N) is 1. The van der Waals surface area contributed by atoms with Crippen molar-refractivity contribution in [2.75, 3.05) is 23.8 Å². The molecule has 2 aromatic carbocycles. The second-order valence-corrected chi connectivity index (χ2v) is 10.3. The summed E-state index contributed by atoms with van der Waals surface area (Å²) in [4.78, 5) is 25.7. The molecule has 3 aromatic rings. The van der Waals surface area contributed by atoms with E-state index in [0.29, 0.717) is 5.95 Å². The lowest BCUT2D eigenvalue weighted by atomic mass is 9.83. The number of benzene rings is 2. The summed E-state index contributed by atoms with van der Waals surface area (Å²) < 4.78 is 20.7. The Hall–Kier alpha value is -3.23. The number of anilines is 3. The third kappa shape index (κ3) is 3.90. The van der Waals surface area contributed by atoms with E-state index in [0.717, 1.165) is 18.7 Å². The molecule has 2 aliphatic rings. The Morgan fingerprint density at radius 1 is 1.17 bits per heavy atom. The predicted octanol–water partition coefficient (Wildman–Crippen LogP) is 5.51. The molecule has 0 spiro atoms. The molecule has 0 atom stereocenters. The number of nitrogens with zero attached hydrogens (tertiary/aromatic N) is 4. The van der Waals surface area contributed by atoms with Crippen molar-refractivity contribution in [3.05, 3.63) is 70.1 Å². The highest BCUT2D eigenvalue weighted by molar-refractivity contribution is 6.34. The fraction of sp³-hybridized carbons (Fsp3) is 0.346. The number of halogens is 2. The zero-order valence-electron chi connectivity index (χ0n) is 20.3. The Morgan fingerprint density at radius 2 is 1.94 bits per heavy atom. The molecule has 0 radical (unpaired) electrons. The topological polar surface area (TPSA) is 70.6 Å². The van der Waals surface area contributed by atoms with E-state index in [-0.39, 0.29) is 27.7 Å². The first-order valence-electron chi connectivity index (χ1n) is 11.5. The fourth-order valence-corrected chi connectivity index (χ4v) is 5.00. The maximum Gasteiger partial charge on any atom is 0.268 e. The quantitative estimate of drug-likeness (QED) is 0.516.